The first-order valence-electron chi connectivity index (χ1n) is 8.89. The lowest BCUT2D eigenvalue weighted by atomic mass is 9.90. The summed E-state index contributed by atoms with van der Waals surface area (Å²) in [6, 6.07) is 9.70. The predicted octanol–water partition coefficient (Wildman–Crippen LogP) is 2.52. The number of likely N-dealkylation sites (tertiary alicyclic amines) is 1. The SMILES string of the molecule is CC(=O)N[C@H]1CCCN(C(=O)c2cccn2C)[C@H]1Cc1cccc(F)c1. The molecule has 1 saturated heterocycles. The van der Waals surface area contributed by atoms with E-state index in [1.807, 2.05) is 30.3 Å². The van der Waals surface area contributed by atoms with E-state index >= 15 is 0 Å². The summed E-state index contributed by atoms with van der Waals surface area (Å²) in [6.07, 6.45) is 3.96. The Kier molecular flexibility index (Phi) is 5.40. The number of aromatic nitrogens is 1. The van der Waals surface area contributed by atoms with Gasteiger partial charge in [-0.25, -0.2) is 4.39 Å². The largest absolute Gasteiger partial charge is 0.352 e. The summed E-state index contributed by atoms with van der Waals surface area (Å²) in [5, 5.41) is 2.98. The summed E-state index contributed by atoms with van der Waals surface area (Å²) in [7, 11) is 1.84. The lowest BCUT2D eigenvalue weighted by molar-refractivity contribution is -0.120. The van der Waals surface area contributed by atoms with Crippen LogP contribution in [-0.4, -0.2) is 39.9 Å². The van der Waals surface area contributed by atoms with Crippen LogP contribution in [0.4, 0.5) is 4.39 Å². The molecule has 0 saturated carbocycles. The lowest BCUT2D eigenvalue weighted by Crippen LogP contribution is -2.57. The Balaban J connectivity index is 1.90. The van der Waals surface area contributed by atoms with E-state index in [1.165, 1.54) is 19.1 Å². The fourth-order valence-corrected chi connectivity index (χ4v) is 3.73. The molecule has 6 heteroatoms. The van der Waals surface area contributed by atoms with Crippen LogP contribution in [0.2, 0.25) is 0 Å². The molecule has 1 fully saturated rings. The van der Waals surface area contributed by atoms with Gasteiger partial charge in [0.2, 0.25) is 5.91 Å². The highest BCUT2D eigenvalue weighted by molar-refractivity contribution is 5.93. The maximum absolute atomic E-state index is 13.6. The van der Waals surface area contributed by atoms with Gasteiger partial charge >= 0.3 is 0 Å². The number of nitrogens with one attached hydrogen (secondary N) is 1. The van der Waals surface area contributed by atoms with Crippen molar-refractivity contribution in [1.82, 2.24) is 14.8 Å². The maximum Gasteiger partial charge on any atom is 0.270 e. The number of hydrogen-bond acceptors (Lipinski definition) is 2. The molecule has 1 aromatic carbocycles. The van der Waals surface area contributed by atoms with Crippen molar-refractivity contribution in [2.24, 2.45) is 7.05 Å². The Labute approximate surface area is 152 Å². The Hall–Kier alpha value is -2.63. The lowest BCUT2D eigenvalue weighted by Gasteiger charge is -2.41. The first-order chi connectivity index (χ1) is 12.5. The van der Waals surface area contributed by atoms with Gasteiger partial charge in [-0.05, 0) is 49.1 Å². The van der Waals surface area contributed by atoms with Crippen molar-refractivity contribution in [2.45, 2.75) is 38.3 Å². The summed E-state index contributed by atoms with van der Waals surface area (Å²) in [6.45, 7) is 2.11. The molecule has 2 atom stereocenters. The minimum Gasteiger partial charge on any atom is -0.352 e. The zero-order valence-corrected chi connectivity index (χ0v) is 15.1. The second-order valence-electron chi connectivity index (χ2n) is 6.85. The molecule has 0 unspecified atom stereocenters. The molecule has 3 rings (SSSR count). The molecule has 2 aromatic rings. The van der Waals surface area contributed by atoms with Gasteiger partial charge in [0.05, 0.1) is 6.04 Å². The molecule has 0 radical (unpaired) electrons. The van der Waals surface area contributed by atoms with Crippen LogP contribution in [0.15, 0.2) is 42.6 Å². The van der Waals surface area contributed by atoms with E-state index in [1.54, 1.807) is 16.7 Å². The van der Waals surface area contributed by atoms with Gasteiger partial charge in [-0.1, -0.05) is 12.1 Å². The Morgan fingerprint density at radius 1 is 1.27 bits per heavy atom. The first kappa shape index (κ1) is 18.2. The Morgan fingerprint density at radius 2 is 2.08 bits per heavy atom. The number of aryl methyl sites for hydroxylation is 1. The number of carbonyl (C=O) groups is 2. The number of carbonyl (C=O) groups excluding carboxylic acids is 2. The molecule has 5 nitrogen and oxygen atoms in total. The zero-order chi connectivity index (χ0) is 18.7. The molecule has 138 valence electrons. The summed E-state index contributed by atoms with van der Waals surface area (Å²) in [5.74, 6) is -0.476. The highest BCUT2D eigenvalue weighted by Gasteiger charge is 2.35. The van der Waals surface area contributed by atoms with E-state index in [2.05, 4.69) is 5.32 Å². The second kappa shape index (κ2) is 7.72. The molecule has 0 spiro atoms. The van der Waals surface area contributed by atoms with Crippen LogP contribution in [0.5, 0.6) is 0 Å². The van der Waals surface area contributed by atoms with Gasteiger partial charge < -0.3 is 14.8 Å². The van der Waals surface area contributed by atoms with Crippen LogP contribution in [0.25, 0.3) is 0 Å². The molecule has 0 bridgehead atoms. The maximum atomic E-state index is 13.6. The molecule has 26 heavy (non-hydrogen) atoms. The third-order valence-electron chi connectivity index (χ3n) is 4.93. The van der Waals surface area contributed by atoms with Gasteiger partial charge in [0.15, 0.2) is 0 Å². The monoisotopic (exact) mass is 357 g/mol. The number of piperidine rings is 1. The summed E-state index contributed by atoms with van der Waals surface area (Å²) in [5.41, 5.74) is 1.43. The van der Waals surface area contributed by atoms with Crippen molar-refractivity contribution >= 4 is 11.8 Å². The fraction of sp³-hybridized carbons (Fsp3) is 0.400. The van der Waals surface area contributed by atoms with Gasteiger partial charge in [0.25, 0.3) is 5.91 Å². The van der Waals surface area contributed by atoms with E-state index in [4.69, 9.17) is 0 Å². The minimum absolute atomic E-state index is 0.0612. The Morgan fingerprint density at radius 3 is 2.73 bits per heavy atom. The van der Waals surface area contributed by atoms with Crippen molar-refractivity contribution in [1.29, 1.82) is 0 Å². The number of amides is 2. The van der Waals surface area contributed by atoms with Gasteiger partial charge in [-0.15, -0.1) is 0 Å². The number of rotatable bonds is 4. The molecule has 1 aliphatic rings. The fourth-order valence-electron chi connectivity index (χ4n) is 3.73. The number of benzene rings is 1. The standard InChI is InChI=1S/C20H24FN3O2/c1-14(25)22-17-8-4-11-24(20(26)18-9-5-10-23(18)2)19(17)13-15-6-3-7-16(21)12-15/h3,5-7,9-10,12,17,19H,4,8,11,13H2,1-2H3,(H,22,25)/t17-,19-/m0/s1. The molecular formula is C20H24FN3O2. The van der Waals surface area contributed by atoms with E-state index in [9.17, 15) is 14.0 Å². The zero-order valence-electron chi connectivity index (χ0n) is 15.1. The predicted molar refractivity (Wildman–Crippen MR) is 97.2 cm³/mol. The average Bonchev–Trinajstić information content (AvgIpc) is 3.01. The van der Waals surface area contributed by atoms with Gasteiger partial charge in [-0.3, -0.25) is 9.59 Å². The average molecular weight is 357 g/mol. The minimum atomic E-state index is -0.297. The van der Waals surface area contributed by atoms with Crippen LogP contribution in [0.3, 0.4) is 0 Å². The van der Waals surface area contributed by atoms with E-state index in [0.717, 1.165) is 18.4 Å². The third-order valence-corrected chi connectivity index (χ3v) is 4.93. The van der Waals surface area contributed by atoms with E-state index in [0.29, 0.717) is 18.7 Å². The van der Waals surface area contributed by atoms with Crippen molar-refractivity contribution in [2.75, 3.05) is 6.54 Å². The van der Waals surface area contributed by atoms with Crippen molar-refractivity contribution in [3.05, 3.63) is 59.7 Å². The molecule has 2 heterocycles. The number of hydrogen-bond donors (Lipinski definition) is 1. The van der Waals surface area contributed by atoms with E-state index in [-0.39, 0.29) is 29.7 Å². The van der Waals surface area contributed by atoms with Crippen LogP contribution in [0, 0.1) is 5.82 Å². The van der Waals surface area contributed by atoms with Crippen molar-refractivity contribution in [3.63, 3.8) is 0 Å². The topological polar surface area (TPSA) is 54.3 Å². The quantitative estimate of drug-likeness (QED) is 0.914. The number of halogens is 1. The number of nitrogens with zero attached hydrogens (tertiary/aromatic N) is 2. The molecule has 0 aliphatic carbocycles. The van der Waals surface area contributed by atoms with Gasteiger partial charge in [0.1, 0.15) is 11.5 Å². The third kappa shape index (κ3) is 3.95. The molecular weight excluding hydrogens is 333 g/mol. The van der Waals surface area contributed by atoms with E-state index < -0.39 is 0 Å². The van der Waals surface area contributed by atoms with Gasteiger partial charge in [0, 0.05) is 32.8 Å². The normalized spacial score (nSPS) is 20.0. The van der Waals surface area contributed by atoms with Crippen LogP contribution < -0.4 is 5.32 Å². The van der Waals surface area contributed by atoms with Crippen LogP contribution in [-0.2, 0) is 18.3 Å². The second-order valence-corrected chi connectivity index (χ2v) is 6.85. The van der Waals surface area contributed by atoms with Crippen molar-refractivity contribution < 1.29 is 14.0 Å². The highest BCUT2D eigenvalue weighted by Crippen LogP contribution is 2.24. The summed E-state index contributed by atoms with van der Waals surface area (Å²) in [4.78, 5) is 26.6. The smallest absolute Gasteiger partial charge is 0.270 e. The first-order valence-corrected chi connectivity index (χ1v) is 8.89. The molecule has 1 aliphatic heterocycles. The summed E-state index contributed by atoms with van der Waals surface area (Å²) < 4.78 is 15.4. The Bertz CT molecular complexity index is 802. The van der Waals surface area contributed by atoms with Gasteiger partial charge in [-0.2, -0.15) is 0 Å². The highest BCUT2D eigenvalue weighted by atomic mass is 19.1. The summed E-state index contributed by atoms with van der Waals surface area (Å²) >= 11 is 0. The molecule has 1 N–H and O–H groups in total. The van der Waals surface area contributed by atoms with Crippen molar-refractivity contribution in [3.8, 4) is 0 Å². The molecule has 2 amide bonds. The molecule has 1 aromatic heterocycles. The van der Waals surface area contributed by atoms with Crippen LogP contribution >= 0.6 is 0 Å². The van der Waals surface area contributed by atoms with Crippen LogP contribution in [0.1, 0.15) is 35.8 Å².